The van der Waals surface area contributed by atoms with Crippen molar-refractivity contribution in [3.05, 3.63) is 23.9 Å². The molecule has 0 saturated heterocycles. The zero-order valence-electron chi connectivity index (χ0n) is 9.14. The molecule has 90 valence electrons. The molecule has 1 atom stereocenters. The van der Waals surface area contributed by atoms with E-state index in [1.165, 1.54) is 6.07 Å². The number of aromatic carboxylic acids is 1. The third-order valence-electron chi connectivity index (χ3n) is 2.70. The van der Waals surface area contributed by atoms with E-state index in [4.69, 9.17) is 5.11 Å². The number of carbonyl (C=O) groups is 2. The number of nitrogens with one attached hydrogen (secondary N) is 2. The first-order chi connectivity index (χ1) is 8.16. The van der Waals surface area contributed by atoms with E-state index in [1.54, 1.807) is 0 Å². The average molecular weight is 235 g/mol. The van der Waals surface area contributed by atoms with Crippen molar-refractivity contribution < 1.29 is 14.7 Å². The molecule has 6 heteroatoms. The summed E-state index contributed by atoms with van der Waals surface area (Å²) in [5.74, 6) is -1.01. The van der Waals surface area contributed by atoms with Crippen molar-refractivity contribution in [1.29, 1.82) is 0 Å². The van der Waals surface area contributed by atoms with Gasteiger partial charge in [0, 0.05) is 12.0 Å². The smallest absolute Gasteiger partial charge is 0.353 e. The lowest BCUT2D eigenvalue weighted by atomic mass is 9.94. The molecule has 2 rings (SSSR count). The Hall–Kier alpha value is -2.11. The lowest BCUT2D eigenvalue weighted by Gasteiger charge is -2.15. The molecular weight excluding hydrogens is 222 g/mol. The standard InChI is InChI=1S/C11H13N3O3/c15-10(7-4-2-1-3-5-7)12-9-6-8(11(16)17)13-14-9/h1-2,6-7H,3-5H2,(H,16,17)(H2,12,13,14,15). The van der Waals surface area contributed by atoms with Gasteiger partial charge in [0.2, 0.25) is 5.91 Å². The Morgan fingerprint density at radius 3 is 2.88 bits per heavy atom. The summed E-state index contributed by atoms with van der Waals surface area (Å²) in [4.78, 5) is 22.4. The summed E-state index contributed by atoms with van der Waals surface area (Å²) in [7, 11) is 0. The Bertz CT molecular complexity index is 464. The van der Waals surface area contributed by atoms with Crippen molar-refractivity contribution in [2.45, 2.75) is 19.3 Å². The minimum absolute atomic E-state index is 0.0381. The number of H-pyrrole nitrogens is 1. The van der Waals surface area contributed by atoms with Crippen LogP contribution < -0.4 is 5.32 Å². The molecule has 1 aliphatic rings. The minimum Gasteiger partial charge on any atom is -0.477 e. The van der Waals surface area contributed by atoms with Crippen LogP contribution in [0.25, 0.3) is 0 Å². The highest BCUT2D eigenvalue weighted by molar-refractivity contribution is 5.93. The zero-order chi connectivity index (χ0) is 12.3. The first-order valence-corrected chi connectivity index (χ1v) is 5.41. The summed E-state index contributed by atoms with van der Waals surface area (Å²) in [5, 5.41) is 17.3. The van der Waals surface area contributed by atoms with Crippen LogP contribution in [0.5, 0.6) is 0 Å². The van der Waals surface area contributed by atoms with Crippen LogP contribution in [-0.4, -0.2) is 27.2 Å². The molecule has 3 N–H and O–H groups in total. The second-order valence-corrected chi connectivity index (χ2v) is 3.94. The number of allylic oxidation sites excluding steroid dienone is 2. The predicted molar refractivity (Wildman–Crippen MR) is 60.7 cm³/mol. The number of hydrogen-bond donors (Lipinski definition) is 3. The number of rotatable bonds is 3. The fourth-order valence-corrected chi connectivity index (χ4v) is 1.76. The highest BCUT2D eigenvalue weighted by Crippen LogP contribution is 2.19. The molecule has 1 amide bonds. The number of carbonyl (C=O) groups excluding carboxylic acids is 1. The minimum atomic E-state index is -1.10. The molecule has 0 aliphatic heterocycles. The van der Waals surface area contributed by atoms with Crippen LogP contribution in [0.2, 0.25) is 0 Å². The van der Waals surface area contributed by atoms with Crippen molar-refractivity contribution in [1.82, 2.24) is 10.2 Å². The number of aromatic nitrogens is 2. The first kappa shape index (κ1) is 11.4. The Kier molecular flexibility index (Phi) is 3.22. The van der Waals surface area contributed by atoms with Gasteiger partial charge in [-0.05, 0) is 19.3 Å². The van der Waals surface area contributed by atoms with E-state index in [1.807, 2.05) is 6.08 Å². The van der Waals surface area contributed by atoms with Gasteiger partial charge in [0.05, 0.1) is 0 Å². The second-order valence-electron chi connectivity index (χ2n) is 3.94. The van der Waals surface area contributed by atoms with Crippen molar-refractivity contribution in [3.8, 4) is 0 Å². The molecule has 1 aromatic heterocycles. The van der Waals surface area contributed by atoms with Crippen LogP contribution in [0.4, 0.5) is 5.82 Å². The first-order valence-electron chi connectivity index (χ1n) is 5.41. The molecule has 0 radical (unpaired) electrons. The van der Waals surface area contributed by atoms with Crippen LogP contribution in [0.3, 0.4) is 0 Å². The number of anilines is 1. The number of carboxylic acids is 1. The molecule has 0 aromatic carbocycles. The Morgan fingerprint density at radius 2 is 2.29 bits per heavy atom. The van der Waals surface area contributed by atoms with Gasteiger partial charge in [0.25, 0.3) is 0 Å². The average Bonchev–Trinajstić information content (AvgIpc) is 2.79. The number of aromatic amines is 1. The van der Waals surface area contributed by atoms with Gasteiger partial charge >= 0.3 is 5.97 Å². The molecule has 0 bridgehead atoms. The maximum absolute atomic E-state index is 11.8. The summed E-state index contributed by atoms with van der Waals surface area (Å²) >= 11 is 0. The summed E-state index contributed by atoms with van der Waals surface area (Å²) in [6, 6.07) is 1.30. The van der Waals surface area contributed by atoms with Gasteiger partial charge in [-0.2, -0.15) is 5.10 Å². The van der Waals surface area contributed by atoms with Crippen LogP contribution in [0.15, 0.2) is 18.2 Å². The van der Waals surface area contributed by atoms with E-state index in [9.17, 15) is 9.59 Å². The summed E-state index contributed by atoms with van der Waals surface area (Å²) in [6.45, 7) is 0. The molecule has 1 aliphatic carbocycles. The molecule has 1 unspecified atom stereocenters. The van der Waals surface area contributed by atoms with E-state index < -0.39 is 5.97 Å². The molecule has 6 nitrogen and oxygen atoms in total. The van der Waals surface area contributed by atoms with Crippen molar-refractivity contribution in [2.24, 2.45) is 5.92 Å². The van der Waals surface area contributed by atoms with Gasteiger partial charge in [-0.15, -0.1) is 0 Å². The lowest BCUT2D eigenvalue weighted by Crippen LogP contribution is -2.23. The van der Waals surface area contributed by atoms with Crippen molar-refractivity contribution >= 4 is 17.7 Å². The number of hydrogen-bond acceptors (Lipinski definition) is 3. The van der Waals surface area contributed by atoms with E-state index in [2.05, 4.69) is 21.6 Å². The van der Waals surface area contributed by atoms with E-state index in [0.717, 1.165) is 19.3 Å². The summed E-state index contributed by atoms with van der Waals surface area (Å²) in [5.41, 5.74) is -0.0381. The third kappa shape index (κ3) is 2.72. The molecule has 0 fully saturated rings. The Balaban J connectivity index is 1.97. The molecule has 1 aromatic rings. The van der Waals surface area contributed by atoms with Crippen LogP contribution in [0, 0.1) is 5.92 Å². The van der Waals surface area contributed by atoms with Crippen LogP contribution in [-0.2, 0) is 4.79 Å². The molecular formula is C11H13N3O3. The lowest BCUT2D eigenvalue weighted by molar-refractivity contribution is -0.120. The fraction of sp³-hybridized carbons (Fsp3) is 0.364. The summed E-state index contributed by atoms with van der Waals surface area (Å²) < 4.78 is 0. The summed E-state index contributed by atoms with van der Waals surface area (Å²) in [6.07, 6.45) is 6.49. The molecule has 1 heterocycles. The Labute approximate surface area is 97.7 Å². The monoisotopic (exact) mass is 235 g/mol. The fourth-order valence-electron chi connectivity index (χ4n) is 1.76. The highest BCUT2D eigenvalue weighted by Gasteiger charge is 2.19. The van der Waals surface area contributed by atoms with Crippen molar-refractivity contribution in [2.75, 3.05) is 5.32 Å². The Morgan fingerprint density at radius 1 is 1.47 bits per heavy atom. The SMILES string of the molecule is O=C(O)c1cc(NC(=O)C2CC=CCC2)n[nH]1. The van der Waals surface area contributed by atoms with E-state index in [0.29, 0.717) is 0 Å². The van der Waals surface area contributed by atoms with Gasteiger partial charge in [0.1, 0.15) is 5.69 Å². The molecule has 17 heavy (non-hydrogen) atoms. The van der Waals surface area contributed by atoms with Crippen molar-refractivity contribution in [3.63, 3.8) is 0 Å². The highest BCUT2D eigenvalue weighted by atomic mass is 16.4. The van der Waals surface area contributed by atoms with E-state index in [-0.39, 0.29) is 23.3 Å². The molecule has 0 spiro atoms. The largest absolute Gasteiger partial charge is 0.477 e. The normalized spacial score (nSPS) is 18.9. The maximum atomic E-state index is 11.8. The predicted octanol–water partition coefficient (Wildman–Crippen LogP) is 1.40. The topological polar surface area (TPSA) is 95.1 Å². The second kappa shape index (κ2) is 4.82. The van der Waals surface area contributed by atoms with Crippen LogP contribution in [0.1, 0.15) is 29.8 Å². The number of nitrogens with zero attached hydrogens (tertiary/aromatic N) is 1. The van der Waals surface area contributed by atoms with E-state index >= 15 is 0 Å². The third-order valence-corrected chi connectivity index (χ3v) is 2.70. The zero-order valence-corrected chi connectivity index (χ0v) is 9.14. The van der Waals surface area contributed by atoms with Gasteiger partial charge in [-0.3, -0.25) is 9.89 Å². The van der Waals surface area contributed by atoms with Gasteiger partial charge < -0.3 is 10.4 Å². The van der Waals surface area contributed by atoms with Gasteiger partial charge in [-0.25, -0.2) is 4.79 Å². The number of carboxylic acid groups (broad SMARTS) is 1. The number of amides is 1. The molecule has 0 saturated carbocycles. The maximum Gasteiger partial charge on any atom is 0.353 e. The van der Waals surface area contributed by atoms with Crippen LogP contribution >= 0.6 is 0 Å². The quantitative estimate of drug-likeness (QED) is 0.690. The van der Waals surface area contributed by atoms with Gasteiger partial charge in [-0.1, -0.05) is 12.2 Å². The van der Waals surface area contributed by atoms with Gasteiger partial charge in [0.15, 0.2) is 5.82 Å².